The maximum atomic E-state index is 12.3. The first-order valence-electron chi connectivity index (χ1n) is 6.23. The Kier molecular flexibility index (Phi) is 2.88. The summed E-state index contributed by atoms with van der Waals surface area (Å²) < 4.78 is 0. The summed E-state index contributed by atoms with van der Waals surface area (Å²) in [6, 6.07) is 0.266. The smallest absolute Gasteiger partial charge is 0.273 e. The number of thiazole rings is 1. The van der Waals surface area contributed by atoms with Crippen molar-refractivity contribution in [3.8, 4) is 0 Å². The number of hydrogen-bond acceptors (Lipinski definition) is 4. The van der Waals surface area contributed by atoms with Crippen molar-refractivity contribution in [2.75, 3.05) is 19.6 Å². The molecule has 1 saturated heterocycles. The molecule has 2 heterocycles. The summed E-state index contributed by atoms with van der Waals surface area (Å²) in [6.45, 7) is 4.63. The van der Waals surface area contributed by atoms with Crippen molar-refractivity contribution >= 4 is 17.2 Å². The minimum atomic E-state index is 0.0992. The Morgan fingerprint density at radius 2 is 2.41 bits per heavy atom. The van der Waals surface area contributed by atoms with Gasteiger partial charge in [-0.3, -0.25) is 4.79 Å². The summed E-state index contributed by atoms with van der Waals surface area (Å²) in [6.07, 6.45) is 2.48. The van der Waals surface area contributed by atoms with E-state index in [1.807, 2.05) is 10.3 Å². The molecule has 5 heteroatoms. The van der Waals surface area contributed by atoms with Gasteiger partial charge in [-0.25, -0.2) is 4.98 Å². The highest BCUT2D eigenvalue weighted by Crippen LogP contribution is 2.41. The van der Waals surface area contributed by atoms with Gasteiger partial charge < -0.3 is 10.2 Å². The Bertz CT molecular complexity index is 427. The minimum Gasteiger partial charge on any atom is -0.332 e. The van der Waals surface area contributed by atoms with Crippen molar-refractivity contribution in [3.05, 3.63) is 16.1 Å². The molecule has 1 atom stereocenters. The van der Waals surface area contributed by atoms with Gasteiger partial charge in [-0.2, -0.15) is 0 Å². The zero-order valence-electron chi connectivity index (χ0n) is 9.98. The maximum Gasteiger partial charge on any atom is 0.273 e. The molecule has 1 aliphatic heterocycles. The Balaban J connectivity index is 1.75. The fourth-order valence-electron chi connectivity index (χ4n) is 2.19. The zero-order valence-corrected chi connectivity index (χ0v) is 10.8. The van der Waals surface area contributed by atoms with E-state index in [1.54, 1.807) is 11.3 Å². The second-order valence-corrected chi connectivity index (χ2v) is 5.79. The van der Waals surface area contributed by atoms with E-state index in [2.05, 4.69) is 17.2 Å². The number of carbonyl (C=O) groups excluding carboxylic acids is 1. The lowest BCUT2D eigenvalue weighted by Crippen LogP contribution is -2.52. The highest BCUT2D eigenvalue weighted by atomic mass is 32.1. The Labute approximate surface area is 105 Å². The van der Waals surface area contributed by atoms with E-state index < -0.39 is 0 Å². The molecule has 1 saturated carbocycles. The molecule has 0 aromatic carbocycles. The molecule has 2 aliphatic rings. The predicted molar refractivity (Wildman–Crippen MR) is 67.5 cm³/mol. The summed E-state index contributed by atoms with van der Waals surface area (Å²) >= 11 is 1.64. The largest absolute Gasteiger partial charge is 0.332 e. The van der Waals surface area contributed by atoms with Gasteiger partial charge in [0, 0.05) is 37.0 Å². The topological polar surface area (TPSA) is 45.2 Å². The normalized spacial score (nSPS) is 25.0. The zero-order chi connectivity index (χ0) is 11.8. The van der Waals surface area contributed by atoms with Gasteiger partial charge in [0.1, 0.15) is 5.69 Å². The van der Waals surface area contributed by atoms with Crippen LogP contribution < -0.4 is 5.32 Å². The SMILES string of the molecule is C[C@H]1CNCCN1C(=O)c1csc(C2CC2)n1. The van der Waals surface area contributed by atoms with Crippen LogP contribution in [0.5, 0.6) is 0 Å². The number of nitrogens with zero attached hydrogens (tertiary/aromatic N) is 2. The Hall–Kier alpha value is -0.940. The van der Waals surface area contributed by atoms with E-state index in [4.69, 9.17) is 0 Å². The Morgan fingerprint density at radius 3 is 3.12 bits per heavy atom. The van der Waals surface area contributed by atoms with E-state index >= 15 is 0 Å². The van der Waals surface area contributed by atoms with Gasteiger partial charge in [-0.15, -0.1) is 11.3 Å². The molecule has 1 aromatic rings. The fraction of sp³-hybridized carbons (Fsp3) is 0.667. The number of piperazine rings is 1. The van der Waals surface area contributed by atoms with E-state index in [0.29, 0.717) is 11.6 Å². The van der Waals surface area contributed by atoms with Gasteiger partial charge in [0.05, 0.1) is 5.01 Å². The summed E-state index contributed by atoms with van der Waals surface area (Å²) in [4.78, 5) is 18.7. The molecule has 92 valence electrons. The maximum absolute atomic E-state index is 12.3. The van der Waals surface area contributed by atoms with Crippen molar-refractivity contribution in [1.82, 2.24) is 15.2 Å². The van der Waals surface area contributed by atoms with Gasteiger partial charge >= 0.3 is 0 Å². The first-order valence-corrected chi connectivity index (χ1v) is 7.11. The lowest BCUT2D eigenvalue weighted by atomic mass is 10.2. The fourth-order valence-corrected chi connectivity index (χ4v) is 3.16. The van der Waals surface area contributed by atoms with E-state index in [0.717, 1.165) is 24.6 Å². The molecule has 3 rings (SSSR count). The third-order valence-electron chi connectivity index (χ3n) is 3.43. The van der Waals surface area contributed by atoms with Gasteiger partial charge in [0.2, 0.25) is 0 Å². The molecule has 4 nitrogen and oxygen atoms in total. The van der Waals surface area contributed by atoms with E-state index in [1.165, 1.54) is 12.8 Å². The molecule has 1 N–H and O–H groups in total. The van der Waals surface area contributed by atoms with Crippen molar-refractivity contribution in [2.45, 2.75) is 31.7 Å². The van der Waals surface area contributed by atoms with Crippen LogP contribution >= 0.6 is 11.3 Å². The third-order valence-corrected chi connectivity index (χ3v) is 4.44. The molecule has 1 aliphatic carbocycles. The van der Waals surface area contributed by atoms with Crippen LogP contribution in [-0.4, -0.2) is 41.5 Å². The molecule has 2 fully saturated rings. The Morgan fingerprint density at radius 1 is 1.59 bits per heavy atom. The van der Waals surface area contributed by atoms with Gasteiger partial charge in [0.25, 0.3) is 5.91 Å². The van der Waals surface area contributed by atoms with Crippen molar-refractivity contribution in [3.63, 3.8) is 0 Å². The lowest BCUT2D eigenvalue weighted by molar-refractivity contribution is 0.0650. The van der Waals surface area contributed by atoms with Crippen LogP contribution in [0, 0.1) is 0 Å². The highest BCUT2D eigenvalue weighted by molar-refractivity contribution is 7.10. The molecule has 0 unspecified atom stereocenters. The molecule has 17 heavy (non-hydrogen) atoms. The first kappa shape index (κ1) is 11.2. The van der Waals surface area contributed by atoms with Crippen LogP contribution in [-0.2, 0) is 0 Å². The van der Waals surface area contributed by atoms with Crippen LogP contribution in [0.1, 0.15) is 41.2 Å². The van der Waals surface area contributed by atoms with Gasteiger partial charge in [-0.05, 0) is 19.8 Å². The summed E-state index contributed by atoms with van der Waals surface area (Å²) in [7, 11) is 0. The van der Waals surface area contributed by atoms with Crippen molar-refractivity contribution in [2.24, 2.45) is 0 Å². The highest BCUT2D eigenvalue weighted by Gasteiger charge is 2.30. The lowest BCUT2D eigenvalue weighted by Gasteiger charge is -2.33. The summed E-state index contributed by atoms with van der Waals surface area (Å²) in [5.41, 5.74) is 0.644. The first-order chi connectivity index (χ1) is 8.25. The molecule has 1 amide bonds. The standard InChI is InChI=1S/C12H17N3OS/c1-8-6-13-4-5-15(8)12(16)10-7-17-11(14-10)9-2-3-9/h7-9,13H,2-6H2,1H3/t8-/m0/s1. The third kappa shape index (κ3) is 2.21. The molecular formula is C12H17N3OS. The molecule has 0 bridgehead atoms. The molecule has 1 aromatic heterocycles. The monoisotopic (exact) mass is 251 g/mol. The number of rotatable bonds is 2. The minimum absolute atomic E-state index is 0.0992. The molecule has 0 radical (unpaired) electrons. The second kappa shape index (κ2) is 4.38. The van der Waals surface area contributed by atoms with Crippen molar-refractivity contribution in [1.29, 1.82) is 0 Å². The van der Waals surface area contributed by atoms with Crippen LogP contribution in [0.4, 0.5) is 0 Å². The average molecular weight is 251 g/mol. The van der Waals surface area contributed by atoms with Crippen LogP contribution in [0.15, 0.2) is 5.38 Å². The van der Waals surface area contributed by atoms with Crippen LogP contribution in [0.2, 0.25) is 0 Å². The van der Waals surface area contributed by atoms with Gasteiger partial charge in [0.15, 0.2) is 0 Å². The number of amides is 1. The van der Waals surface area contributed by atoms with Crippen molar-refractivity contribution < 1.29 is 4.79 Å². The number of aromatic nitrogens is 1. The number of hydrogen-bond donors (Lipinski definition) is 1. The number of nitrogens with one attached hydrogen (secondary N) is 1. The van der Waals surface area contributed by atoms with E-state index in [9.17, 15) is 4.79 Å². The quantitative estimate of drug-likeness (QED) is 0.865. The predicted octanol–water partition coefficient (Wildman–Crippen LogP) is 1.45. The average Bonchev–Trinajstić information content (AvgIpc) is 3.07. The van der Waals surface area contributed by atoms with Crippen LogP contribution in [0.3, 0.4) is 0 Å². The van der Waals surface area contributed by atoms with Crippen LogP contribution in [0.25, 0.3) is 0 Å². The second-order valence-electron chi connectivity index (χ2n) is 4.90. The number of carbonyl (C=O) groups is 1. The van der Waals surface area contributed by atoms with Gasteiger partial charge in [-0.1, -0.05) is 0 Å². The molecular weight excluding hydrogens is 234 g/mol. The summed E-state index contributed by atoms with van der Waals surface area (Å²) in [5, 5.41) is 6.36. The summed E-state index contributed by atoms with van der Waals surface area (Å²) in [5.74, 6) is 0.740. The molecule has 0 spiro atoms. The van der Waals surface area contributed by atoms with E-state index in [-0.39, 0.29) is 11.9 Å².